The molecule has 0 aliphatic heterocycles. The van der Waals surface area contributed by atoms with Crippen LogP contribution < -0.4 is 5.32 Å². The lowest BCUT2D eigenvalue weighted by Crippen LogP contribution is -2.09. The number of para-hydroxylation sites is 1. The molecule has 2 aromatic rings. The van der Waals surface area contributed by atoms with Gasteiger partial charge in [-0.15, -0.1) is 5.10 Å². The van der Waals surface area contributed by atoms with Crippen LogP contribution in [-0.4, -0.2) is 26.7 Å². The van der Waals surface area contributed by atoms with E-state index in [1.54, 1.807) is 23.0 Å². The molecule has 1 aromatic heterocycles. The van der Waals surface area contributed by atoms with Crippen LogP contribution in [-0.2, 0) is 6.54 Å². The van der Waals surface area contributed by atoms with Gasteiger partial charge in [-0.1, -0.05) is 28.9 Å². The molecule has 2 N–H and O–H groups in total. The zero-order valence-corrected chi connectivity index (χ0v) is 11.5. The van der Waals surface area contributed by atoms with Crippen molar-refractivity contribution in [2.45, 2.75) is 19.0 Å². The lowest BCUT2D eigenvalue weighted by molar-refractivity contribution is 0.276. The van der Waals surface area contributed by atoms with Crippen LogP contribution in [0.1, 0.15) is 18.2 Å². The van der Waals surface area contributed by atoms with Crippen LogP contribution in [0.2, 0.25) is 5.02 Å². The summed E-state index contributed by atoms with van der Waals surface area (Å²) in [5.41, 5.74) is 1.19. The Bertz CT molecular complexity index is 607. The monoisotopic (exact) mass is 291 g/mol. The Labute approximate surface area is 121 Å². The lowest BCUT2D eigenvalue weighted by Gasteiger charge is -2.11. The lowest BCUT2D eigenvalue weighted by atomic mass is 10.2. The van der Waals surface area contributed by atoms with Gasteiger partial charge in [0.15, 0.2) is 6.04 Å². The summed E-state index contributed by atoms with van der Waals surface area (Å²) in [6.45, 7) is 0.655. The van der Waals surface area contributed by atoms with Gasteiger partial charge in [0.25, 0.3) is 0 Å². The Morgan fingerprint density at radius 1 is 1.45 bits per heavy atom. The minimum atomic E-state index is -0.627. The molecule has 0 aliphatic rings. The number of nitrogens with one attached hydrogen (secondary N) is 1. The highest BCUT2D eigenvalue weighted by molar-refractivity contribution is 6.33. The predicted molar refractivity (Wildman–Crippen MR) is 75.2 cm³/mol. The fourth-order valence-corrected chi connectivity index (χ4v) is 1.88. The van der Waals surface area contributed by atoms with Crippen LogP contribution in [0.15, 0.2) is 30.5 Å². The number of halogens is 1. The number of aryl methyl sites for hydroxylation is 1. The van der Waals surface area contributed by atoms with Gasteiger partial charge in [0, 0.05) is 13.2 Å². The fraction of sp³-hybridized carbons (Fsp3) is 0.308. The van der Waals surface area contributed by atoms with Crippen LogP contribution in [0.5, 0.6) is 0 Å². The SMILES string of the molecule is N#CC(Nc1ccccc1Cl)c1cn(CCCO)nn1. The zero-order chi connectivity index (χ0) is 14.4. The molecule has 0 saturated carbocycles. The van der Waals surface area contributed by atoms with Crippen molar-refractivity contribution >= 4 is 17.3 Å². The molecule has 0 spiro atoms. The number of nitriles is 1. The van der Waals surface area contributed by atoms with E-state index in [4.69, 9.17) is 16.7 Å². The van der Waals surface area contributed by atoms with Crippen molar-refractivity contribution in [3.8, 4) is 6.07 Å². The van der Waals surface area contributed by atoms with Crippen LogP contribution in [0, 0.1) is 11.3 Å². The molecular formula is C13H14ClN5O. The Kier molecular flexibility index (Phi) is 4.93. The summed E-state index contributed by atoms with van der Waals surface area (Å²) in [7, 11) is 0. The Balaban J connectivity index is 2.11. The number of anilines is 1. The highest BCUT2D eigenvalue weighted by Gasteiger charge is 2.15. The number of aliphatic hydroxyl groups excluding tert-OH is 1. The van der Waals surface area contributed by atoms with Crippen LogP contribution in [0.25, 0.3) is 0 Å². The van der Waals surface area contributed by atoms with E-state index >= 15 is 0 Å². The van der Waals surface area contributed by atoms with Crippen molar-refractivity contribution in [1.29, 1.82) is 5.26 Å². The van der Waals surface area contributed by atoms with Gasteiger partial charge < -0.3 is 10.4 Å². The van der Waals surface area contributed by atoms with Crippen molar-refractivity contribution in [3.63, 3.8) is 0 Å². The van der Waals surface area contributed by atoms with Gasteiger partial charge in [-0.25, -0.2) is 0 Å². The minimum Gasteiger partial charge on any atom is -0.396 e. The highest BCUT2D eigenvalue weighted by atomic mass is 35.5. The topological polar surface area (TPSA) is 86.8 Å². The van der Waals surface area contributed by atoms with Crippen molar-refractivity contribution in [2.75, 3.05) is 11.9 Å². The third-order valence-electron chi connectivity index (χ3n) is 2.70. The van der Waals surface area contributed by atoms with Crippen molar-refractivity contribution < 1.29 is 5.11 Å². The summed E-state index contributed by atoms with van der Waals surface area (Å²) in [6.07, 6.45) is 2.28. The summed E-state index contributed by atoms with van der Waals surface area (Å²) >= 11 is 6.05. The Morgan fingerprint density at radius 2 is 2.25 bits per heavy atom. The van der Waals surface area contributed by atoms with E-state index in [0.717, 1.165) is 0 Å². The molecule has 7 heteroatoms. The Hall–Kier alpha value is -2.10. The van der Waals surface area contributed by atoms with E-state index in [0.29, 0.717) is 29.4 Å². The molecule has 1 heterocycles. The quantitative estimate of drug-likeness (QED) is 0.850. The van der Waals surface area contributed by atoms with E-state index in [1.165, 1.54) is 0 Å². The minimum absolute atomic E-state index is 0.0920. The van der Waals surface area contributed by atoms with Crippen molar-refractivity contribution in [2.24, 2.45) is 0 Å². The van der Waals surface area contributed by atoms with Crippen LogP contribution in [0.4, 0.5) is 5.69 Å². The van der Waals surface area contributed by atoms with Gasteiger partial charge in [-0.05, 0) is 18.6 Å². The Morgan fingerprint density at radius 3 is 2.95 bits per heavy atom. The van der Waals surface area contributed by atoms with E-state index < -0.39 is 6.04 Å². The predicted octanol–water partition coefficient (Wildman–Crippen LogP) is 1.99. The van der Waals surface area contributed by atoms with Crippen molar-refractivity contribution in [3.05, 3.63) is 41.2 Å². The van der Waals surface area contributed by atoms with Crippen molar-refractivity contribution in [1.82, 2.24) is 15.0 Å². The smallest absolute Gasteiger partial charge is 0.160 e. The third kappa shape index (κ3) is 3.47. The van der Waals surface area contributed by atoms with Crippen LogP contribution >= 0.6 is 11.6 Å². The number of hydrogen-bond acceptors (Lipinski definition) is 5. The fourth-order valence-electron chi connectivity index (χ4n) is 1.69. The highest BCUT2D eigenvalue weighted by Crippen LogP contribution is 2.24. The summed E-state index contributed by atoms with van der Waals surface area (Å²) in [6, 6.07) is 8.70. The molecule has 0 amide bonds. The number of aliphatic hydroxyl groups is 1. The van der Waals surface area contributed by atoms with E-state index in [-0.39, 0.29) is 6.61 Å². The van der Waals surface area contributed by atoms with Gasteiger partial charge in [0.2, 0.25) is 0 Å². The number of nitrogens with zero attached hydrogens (tertiary/aromatic N) is 4. The maximum absolute atomic E-state index is 9.24. The molecule has 0 saturated heterocycles. The molecule has 0 radical (unpaired) electrons. The molecule has 1 atom stereocenters. The van der Waals surface area contributed by atoms with Gasteiger partial charge in [0.1, 0.15) is 5.69 Å². The maximum Gasteiger partial charge on any atom is 0.160 e. The van der Waals surface area contributed by atoms with Gasteiger partial charge in [-0.2, -0.15) is 5.26 Å². The molecule has 0 bridgehead atoms. The molecule has 0 aliphatic carbocycles. The number of hydrogen-bond donors (Lipinski definition) is 2. The molecule has 1 aromatic carbocycles. The zero-order valence-electron chi connectivity index (χ0n) is 10.7. The van der Waals surface area contributed by atoms with E-state index in [1.807, 2.05) is 12.1 Å². The maximum atomic E-state index is 9.24. The molecule has 1 unspecified atom stereocenters. The number of aromatic nitrogens is 3. The third-order valence-corrected chi connectivity index (χ3v) is 3.03. The molecule has 20 heavy (non-hydrogen) atoms. The normalized spacial score (nSPS) is 11.8. The molecule has 2 rings (SSSR count). The van der Waals surface area contributed by atoms with Gasteiger partial charge in [-0.3, -0.25) is 4.68 Å². The van der Waals surface area contributed by atoms with E-state index in [2.05, 4.69) is 21.7 Å². The molecule has 6 nitrogen and oxygen atoms in total. The number of benzene rings is 1. The standard InChI is InChI=1S/C13H14ClN5O/c14-10-4-1-2-5-11(10)16-12(8-15)13-9-19(18-17-13)6-3-7-20/h1-2,4-5,9,12,16,20H,3,6-7H2. The average molecular weight is 292 g/mol. The van der Waals surface area contributed by atoms with Crippen LogP contribution in [0.3, 0.4) is 0 Å². The second-order valence-corrected chi connectivity index (χ2v) is 4.58. The molecule has 0 fully saturated rings. The summed E-state index contributed by atoms with van der Waals surface area (Å²) in [4.78, 5) is 0. The molecule has 104 valence electrons. The number of rotatable bonds is 6. The van der Waals surface area contributed by atoms with Gasteiger partial charge >= 0.3 is 0 Å². The summed E-state index contributed by atoms with van der Waals surface area (Å²) < 4.78 is 1.60. The first-order chi connectivity index (χ1) is 9.74. The summed E-state index contributed by atoms with van der Waals surface area (Å²) in [5.74, 6) is 0. The first kappa shape index (κ1) is 14.3. The summed E-state index contributed by atoms with van der Waals surface area (Å²) in [5, 5.41) is 29.5. The second-order valence-electron chi connectivity index (χ2n) is 4.17. The first-order valence-corrected chi connectivity index (χ1v) is 6.54. The average Bonchev–Trinajstić information content (AvgIpc) is 2.93. The molecular weight excluding hydrogens is 278 g/mol. The van der Waals surface area contributed by atoms with E-state index in [9.17, 15) is 5.26 Å². The second kappa shape index (κ2) is 6.89. The largest absolute Gasteiger partial charge is 0.396 e. The van der Waals surface area contributed by atoms with Gasteiger partial charge in [0.05, 0.1) is 23.0 Å². The first-order valence-electron chi connectivity index (χ1n) is 6.16.